The Morgan fingerprint density at radius 1 is 1.23 bits per heavy atom. The van der Waals surface area contributed by atoms with Gasteiger partial charge in [-0.1, -0.05) is 12.1 Å². The fraction of sp³-hybridized carbons (Fsp3) is 0.368. The summed E-state index contributed by atoms with van der Waals surface area (Å²) in [5.74, 6) is 0.0879. The number of rotatable bonds is 5. The fourth-order valence-corrected chi connectivity index (χ4v) is 3.40. The van der Waals surface area contributed by atoms with Crippen LogP contribution in [0.3, 0.4) is 0 Å². The summed E-state index contributed by atoms with van der Waals surface area (Å²) in [5.41, 5.74) is 1.80. The van der Waals surface area contributed by atoms with E-state index in [1.165, 1.54) is 6.07 Å². The van der Waals surface area contributed by atoms with E-state index in [0.29, 0.717) is 38.2 Å². The molecule has 7 heteroatoms. The molecule has 0 N–H and O–H groups in total. The summed E-state index contributed by atoms with van der Waals surface area (Å²) in [7, 11) is 1.82. The van der Waals surface area contributed by atoms with Crippen LogP contribution in [-0.2, 0) is 11.3 Å². The van der Waals surface area contributed by atoms with E-state index >= 15 is 0 Å². The van der Waals surface area contributed by atoms with E-state index in [2.05, 4.69) is 4.98 Å². The van der Waals surface area contributed by atoms with Gasteiger partial charge in [-0.3, -0.25) is 19.9 Å². The molecule has 1 fully saturated rings. The van der Waals surface area contributed by atoms with Crippen LogP contribution in [0.15, 0.2) is 48.8 Å². The zero-order chi connectivity index (χ0) is 18.5. The van der Waals surface area contributed by atoms with Crippen molar-refractivity contribution in [3.05, 3.63) is 64.5 Å². The van der Waals surface area contributed by atoms with Gasteiger partial charge in [-0.25, -0.2) is 0 Å². The van der Waals surface area contributed by atoms with Crippen molar-refractivity contribution < 1.29 is 9.72 Å². The van der Waals surface area contributed by atoms with Gasteiger partial charge in [0.15, 0.2) is 0 Å². The highest BCUT2D eigenvalue weighted by molar-refractivity contribution is 5.79. The normalized spacial score (nSPS) is 14.9. The number of hydrogen-bond acceptors (Lipinski definition) is 5. The van der Waals surface area contributed by atoms with Crippen LogP contribution in [-0.4, -0.2) is 40.9 Å². The molecule has 2 heterocycles. The van der Waals surface area contributed by atoms with Gasteiger partial charge in [-0.15, -0.1) is 0 Å². The van der Waals surface area contributed by atoms with Crippen LogP contribution in [0.25, 0.3) is 0 Å². The number of anilines is 1. The van der Waals surface area contributed by atoms with Crippen molar-refractivity contribution in [2.75, 3.05) is 25.0 Å². The number of benzene rings is 1. The van der Waals surface area contributed by atoms with Gasteiger partial charge in [0.2, 0.25) is 5.91 Å². The Bertz CT molecular complexity index is 773. The van der Waals surface area contributed by atoms with E-state index < -0.39 is 0 Å². The molecule has 1 aliphatic heterocycles. The molecule has 26 heavy (non-hydrogen) atoms. The summed E-state index contributed by atoms with van der Waals surface area (Å²) in [5, 5.41) is 11.2. The third-order valence-corrected chi connectivity index (χ3v) is 4.81. The van der Waals surface area contributed by atoms with Crippen LogP contribution < -0.4 is 4.90 Å². The van der Waals surface area contributed by atoms with Gasteiger partial charge in [0.05, 0.1) is 4.92 Å². The SMILES string of the molecule is CN(Cc1ccncc1)C(=O)C1CCN(c2ccccc2[N+](=O)[O-])CC1. The summed E-state index contributed by atoms with van der Waals surface area (Å²) in [6, 6.07) is 10.6. The highest BCUT2D eigenvalue weighted by Gasteiger charge is 2.29. The van der Waals surface area contributed by atoms with Crippen LogP contribution in [0.1, 0.15) is 18.4 Å². The number of pyridine rings is 1. The highest BCUT2D eigenvalue weighted by atomic mass is 16.6. The lowest BCUT2D eigenvalue weighted by Gasteiger charge is -2.34. The van der Waals surface area contributed by atoms with Gasteiger partial charge in [0.25, 0.3) is 5.69 Å². The van der Waals surface area contributed by atoms with Crippen LogP contribution >= 0.6 is 0 Å². The minimum Gasteiger partial charge on any atom is -0.366 e. The minimum atomic E-state index is -0.352. The van der Waals surface area contributed by atoms with Gasteiger partial charge in [0, 0.05) is 51.1 Å². The molecule has 0 aliphatic carbocycles. The average Bonchev–Trinajstić information content (AvgIpc) is 2.68. The molecule has 1 aliphatic rings. The lowest BCUT2D eigenvalue weighted by Crippen LogP contribution is -2.41. The second kappa shape index (κ2) is 7.95. The number of nitro groups is 1. The molecule has 1 aromatic heterocycles. The Labute approximate surface area is 152 Å². The third kappa shape index (κ3) is 3.99. The smallest absolute Gasteiger partial charge is 0.292 e. The predicted octanol–water partition coefficient (Wildman–Crippen LogP) is 2.86. The second-order valence-corrected chi connectivity index (χ2v) is 6.56. The number of hydrogen-bond donors (Lipinski definition) is 0. The van der Waals surface area contributed by atoms with E-state index in [0.717, 1.165) is 5.56 Å². The van der Waals surface area contributed by atoms with Crippen molar-refractivity contribution in [3.63, 3.8) is 0 Å². The molecule has 0 saturated carbocycles. The summed E-state index contributed by atoms with van der Waals surface area (Å²) >= 11 is 0. The standard InChI is InChI=1S/C19H22N4O3/c1-21(14-15-6-10-20-11-7-15)19(24)16-8-12-22(13-9-16)17-4-2-3-5-18(17)23(25)26/h2-7,10-11,16H,8-9,12-14H2,1H3. The van der Waals surface area contributed by atoms with Crippen molar-refractivity contribution in [2.24, 2.45) is 5.92 Å². The summed E-state index contributed by atoms with van der Waals surface area (Å²) in [4.78, 5) is 31.3. The highest BCUT2D eigenvalue weighted by Crippen LogP contribution is 2.31. The zero-order valence-electron chi connectivity index (χ0n) is 14.7. The topological polar surface area (TPSA) is 79.6 Å². The number of para-hydroxylation sites is 2. The first-order chi connectivity index (χ1) is 12.6. The number of carbonyl (C=O) groups is 1. The molecule has 0 radical (unpaired) electrons. The first-order valence-corrected chi connectivity index (χ1v) is 8.68. The first-order valence-electron chi connectivity index (χ1n) is 8.68. The van der Waals surface area contributed by atoms with E-state index in [-0.39, 0.29) is 22.4 Å². The molecule has 0 atom stereocenters. The van der Waals surface area contributed by atoms with Crippen molar-refractivity contribution in [2.45, 2.75) is 19.4 Å². The zero-order valence-corrected chi connectivity index (χ0v) is 14.7. The van der Waals surface area contributed by atoms with Crippen molar-refractivity contribution in [1.29, 1.82) is 0 Å². The fourth-order valence-electron chi connectivity index (χ4n) is 3.40. The lowest BCUT2D eigenvalue weighted by molar-refractivity contribution is -0.384. The Hall–Kier alpha value is -2.96. The molecule has 7 nitrogen and oxygen atoms in total. The summed E-state index contributed by atoms with van der Waals surface area (Å²) in [6.45, 7) is 1.85. The molecule has 0 bridgehead atoms. The molecule has 3 rings (SSSR count). The maximum atomic E-state index is 12.7. The maximum Gasteiger partial charge on any atom is 0.292 e. The number of amides is 1. The third-order valence-electron chi connectivity index (χ3n) is 4.81. The maximum absolute atomic E-state index is 12.7. The Morgan fingerprint density at radius 2 is 1.88 bits per heavy atom. The van der Waals surface area contributed by atoms with Crippen molar-refractivity contribution >= 4 is 17.3 Å². The van der Waals surface area contributed by atoms with E-state index in [9.17, 15) is 14.9 Å². The summed E-state index contributed by atoms with van der Waals surface area (Å²) < 4.78 is 0. The Kier molecular flexibility index (Phi) is 5.46. The van der Waals surface area contributed by atoms with Crippen molar-refractivity contribution in [1.82, 2.24) is 9.88 Å². The molecule has 2 aromatic rings. The minimum absolute atomic E-state index is 0.0409. The monoisotopic (exact) mass is 354 g/mol. The van der Waals surface area contributed by atoms with Crippen LogP contribution in [0.4, 0.5) is 11.4 Å². The van der Waals surface area contributed by atoms with Gasteiger partial charge in [-0.2, -0.15) is 0 Å². The second-order valence-electron chi connectivity index (χ2n) is 6.56. The van der Waals surface area contributed by atoms with E-state index in [1.807, 2.05) is 30.1 Å². The quantitative estimate of drug-likeness (QED) is 0.609. The van der Waals surface area contributed by atoms with Gasteiger partial charge >= 0.3 is 0 Å². The molecule has 0 spiro atoms. The lowest BCUT2D eigenvalue weighted by atomic mass is 9.94. The Morgan fingerprint density at radius 3 is 2.54 bits per heavy atom. The molecule has 0 unspecified atom stereocenters. The molecular formula is C19H22N4O3. The number of aromatic nitrogens is 1. The van der Waals surface area contributed by atoms with Crippen LogP contribution in [0.5, 0.6) is 0 Å². The number of nitro benzene ring substituents is 1. The van der Waals surface area contributed by atoms with E-state index in [4.69, 9.17) is 0 Å². The Balaban J connectivity index is 1.60. The van der Waals surface area contributed by atoms with Crippen LogP contribution in [0, 0.1) is 16.0 Å². The van der Waals surface area contributed by atoms with Gasteiger partial charge in [0.1, 0.15) is 5.69 Å². The molecule has 1 aromatic carbocycles. The molecule has 1 saturated heterocycles. The number of carbonyl (C=O) groups excluding carboxylic acids is 1. The average molecular weight is 354 g/mol. The predicted molar refractivity (Wildman–Crippen MR) is 98.7 cm³/mol. The van der Waals surface area contributed by atoms with Gasteiger partial charge < -0.3 is 9.80 Å². The number of piperidine rings is 1. The van der Waals surface area contributed by atoms with Crippen LogP contribution in [0.2, 0.25) is 0 Å². The summed E-state index contributed by atoms with van der Waals surface area (Å²) in [6.07, 6.45) is 4.84. The molecular weight excluding hydrogens is 332 g/mol. The molecule has 136 valence electrons. The van der Waals surface area contributed by atoms with Crippen molar-refractivity contribution in [3.8, 4) is 0 Å². The molecule has 1 amide bonds. The van der Waals surface area contributed by atoms with E-state index in [1.54, 1.807) is 29.4 Å². The largest absolute Gasteiger partial charge is 0.366 e. The van der Waals surface area contributed by atoms with Gasteiger partial charge in [-0.05, 0) is 36.6 Å². The first kappa shape index (κ1) is 17.8. The number of nitrogens with zero attached hydrogens (tertiary/aromatic N) is 4.